The SMILES string of the molecule is CCOC(=O)Nc1ccc2c(CSC(=S)N(CC)CC)cc(=O)oc2c1. The number of ether oxygens (including phenoxy) is 1. The van der Waals surface area contributed by atoms with Crippen LogP contribution in [0.4, 0.5) is 10.5 Å². The predicted molar refractivity (Wildman–Crippen MR) is 110 cm³/mol. The summed E-state index contributed by atoms with van der Waals surface area (Å²) in [5.41, 5.74) is 1.33. The Balaban J connectivity index is 2.23. The van der Waals surface area contributed by atoms with Gasteiger partial charge in [-0.25, -0.2) is 9.59 Å². The van der Waals surface area contributed by atoms with Gasteiger partial charge in [-0.05, 0) is 38.5 Å². The maximum absolute atomic E-state index is 11.9. The van der Waals surface area contributed by atoms with E-state index in [1.807, 2.05) is 6.07 Å². The molecule has 1 aromatic heterocycles. The third kappa shape index (κ3) is 5.22. The second kappa shape index (κ2) is 9.59. The van der Waals surface area contributed by atoms with Crippen molar-refractivity contribution in [3.63, 3.8) is 0 Å². The first-order chi connectivity index (χ1) is 12.5. The number of hydrogen-bond acceptors (Lipinski definition) is 6. The van der Waals surface area contributed by atoms with Gasteiger partial charge in [0.25, 0.3) is 0 Å². The quantitative estimate of drug-likeness (QED) is 0.581. The molecule has 26 heavy (non-hydrogen) atoms. The topological polar surface area (TPSA) is 71.8 Å². The van der Waals surface area contributed by atoms with Gasteiger partial charge in [0.15, 0.2) is 0 Å². The number of benzene rings is 1. The first kappa shape index (κ1) is 20.3. The Kier molecular flexibility index (Phi) is 7.47. The summed E-state index contributed by atoms with van der Waals surface area (Å²) in [5.74, 6) is 0.572. The van der Waals surface area contributed by atoms with Gasteiger partial charge in [-0.1, -0.05) is 24.0 Å². The molecule has 8 heteroatoms. The Morgan fingerprint density at radius 2 is 2.00 bits per heavy atom. The van der Waals surface area contributed by atoms with Crippen molar-refractivity contribution in [3.05, 3.63) is 40.2 Å². The van der Waals surface area contributed by atoms with E-state index in [1.54, 1.807) is 19.1 Å². The molecule has 0 atom stereocenters. The molecule has 6 nitrogen and oxygen atoms in total. The van der Waals surface area contributed by atoms with Gasteiger partial charge in [0.05, 0.1) is 6.61 Å². The smallest absolute Gasteiger partial charge is 0.411 e. The minimum Gasteiger partial charge on any atom is -0.450 e. The minimum atomic E-state index is -0.550. The Morgan fingerprint density at radius 1 is 1.27 bits per heavy atom. The van der Waals surface area contributed by atoms with Gasteiger partial charge in [0.1, 0.15) is 9.90 Å². The molecule has 1 heterocycles. The number of amides is 1. The standard InChI is InChI=1S/C18H22N2O4S2/c1-4-20(5-2)18(25)26-11-12-9-16(21)24-15-10-13(7-8-14(12)15)19-17(22)23-6-3/h7-10H,4-6,11H2,1-3H3,(H,19,22). The molecule has 0 aliphatic carbocycles. The summed E-state index contributed by atoms with van der Waals surface area (Å²) in [7, 11) is 0. The largest absolute Gasteiger partial charge is 0.450 e. The summed E-state index contributed by atoms with van der Waals surface area (Å²) >= 11 is 6.97. The molecule has 1 amide bonds. The highest BCUT2D eigenvalue weighted by Gasteiger charge is 2.11. The lowest BCUT2D eigenvalue weighted by Gasteiger charge is -2.20. The van der Waals surface area contributed by atoms with Crippen molar-refractivity contribution in [1.82, 2.24) is 4.90 Å². The van der Waals surface area contributed by atoms with Crippen LogP contribution >= 0.6 is 24.0 Å². The fourth-order valence-corrected chi connectivity index (χ4v) is 3.82. The average molecular weight is 395 g/mol. The van der Waals surface area contributed by atoms with Gasteiger partial charge in [0, 0.05) is 42.0 Å². The van der Waals surface area contributed by atoms with Crippen LogP contribution in [0.1, 0.15) is 26.3 Å². The van der Waals surface area contributed by atoms with Gasteiger partial charge in [-0.15, -0.1) is 0 Å². The summed E-state index contributed by atoms with van der Waals surface area (Å²) in [4.78, 5) is 25.5. The fraction of sp³-hybridized carbons (Fsp3) is 0.389. The van der Waals surface area contributed by atoms with Crippen molar-refractivity contribution in [3.8, 4) is 0 Å². The molecule has 0 saturated carbocycles. The molecule has 2 rings (SSSR count). The number of nitrogens with one attached hydrogen (secondary N) is 1. The second-order valence-electron chi connectivity index (χ2n) is 5.37. The summed E-state index contributed by atoms with van der Waals surface area (Å²) in [6.07, 6.45) is -0.550. The lowest BCUT2D eigenvalue weighted by molar-refractivity contribution is 0.168. The third-order valence-corrected chi connectivity index (χ3v) is 5.30. The van der Waals surface area contributed by atoms with E-state index in [-0.39, 0.29) is 6.61 Å². The van der Waals surface area contributed by atoms with Crippen molar-refractivity contribution < 1.29 is 13.9 Å². The predicted octanol–water partition coefficient (Wildman–Crippen LogP) is 4.22. The van der Waals surface area contributed by atoms with E-state index >= 15 is 0 Å². The maximum Gasteiger partial charge on any atom is 0.411 e. The number of carbonyl (C=O) groups is 1. The van der Waals surface area contributed by atoms with Crippen LogP contribution in [0, 0.1) is 0 Å². The Morgan fingerprint density at radius 3 is 2.65 bits per heavy atom. The molecule has 0 aliphatic heterocycles. The number of thioether (sulfide) groups is 1. The zero-order chi connectivity index (χ0) is 19.1. The molecule has 0 unspecified atom stereocenters. The number of hydrogen-bond donors (Lipinski definition) is 1. The number of nitrogens with zero attached hydrogens (tertiary/aromatic N) is 1. The third-order valence-electron chi connectivity index (χ3n) is 3.72. The van der Waals surface area contributed by atoms with Gasteiger partial charge in [0.2, 0.25) is 0 Å². The summed E-state index contributed by atoms with van der Waals surface area (Å²) in [6, 6.07) is 6.66. The van der Waals surface area contributed by atoms with Crippen LogP contribution in [0.25, 0.3) is 11.0 Å². The minimum absolute atomic E-state index is 0.280. The zero-order valence-electron chi connectivity index (χ0n) is 15.0. The van der Waals surface area contributed by atoms with Gasteiger partial charge < -0.3 is 14.1 Å². The van der Waals surface area contributed by atoms with Crippen molar-refractivity contribution >= 4 is 51.1 Å². The van der Waals surface area contributed by atoms with Crippen LogP contribution in [-0.4, -0.2) is 35.0 Å². The molecule has 140 valence electrons. The lowest BCUT2D eigenvalue weighted by Crippen LogP contribution is -2.26. The number of anilines is 1. The number of thiocarbonyl (C=S) groups is 1. The van der Waals surface area contributed by atoms with Gasteiger partial charge >= 0.3 is 11.7 Å². The van der Waals surface area contributed by atoms with Gasteiger partial charge in [-0.2, -0.15) is 0 Å². The molecule has 0 fully saturated rings. The fourth-order valence-electron chi connectivity index (χ4n) is 2.42. The molecular weight excluding hydrogens is 372 g/mol. The highest BCUT2D eigenvalue weighted by molar-refractivity contribution is 8.22. The van der Waals surface area contributed by atoms with Crippen LogP contribution in [0.2, 0.25) is 0 Å². The monoisotopic (exact) mass is 394 g/mol. The van der Waals surface area contributed by atoms with E-state index in [0.29, 0.717) is 17.0 Å². The molecule has 0 aliphatic rings. The van der Waals surface area contributed by atoms with E-state index in [0.717, 1.165) is 28.4 Å². The van der Waals surface area contributed by atoms with E-state index < -0.39 is 11.7 Å². The van der Waals surface area contributed by atoms with Crippen LogP contribution in [0.15, 0.2) is 33.5 Å². The van der Waals surface area contributed by atoms with Crippen LogP contribution in [-0.2, 0) is 10.5 Å². The highest BCUT2D eigenvalue weighted by atomic mass is 32.2. The summed E-state index contributed by atoms with van der Waals surface area (Å²) in [5, 5.41) is 3.41. The Hall–Kier alpha value is -2.06. The maximum atomic E-state index is 11.9. The Bertz CT molecular complexity index is 847. The van der Waals surface area contributed by atoms with E-state index in [9.17, 15) is 9.59 Å². The lowest BCUT2D eigenvalue weighted by atomic mass is 10.1. The molecule has 1 N–H and O–H groups in total. The zero-order valence-corrected chi connectivity index (χ0v) is 16.7. The van der Waals surface area contributed by atoms with E-state index in [4.69, 9.17) is 21.4 Å². The molecule has 0 radical (unpaired) electrons. The van der Waals surface area contributed by atoms with Gasteiger partial charge in [-0.3, -0.25) is 5.32 Å². The molecule has 0 spiro atoms. The molecule has 1 aromatic carbocycles. The van der Waals surface area contributed by atoms with E-state index in [1.165, 1.54) is 17.8 Å². The number of rotatable bonds is 6. The Labute approximate surface area is 161 Å². The average Bonchev–Trinajstić information content (AvgIpc) is 2.60. The summed E-state index contributed by atoms with van der Waals surface area (Å²) in [6.45, 7) is 7.82. The first-order valence-electron chi connectivity index (χ1n) is 8.40. The molecule has 2 aromatic rings. The number of fused-ring (bicyclic) bond motifs is 1. The van der Waals surface area contributed by atoms with Crippen LogP contribution in [0.5, 0.6) is 0 Å². The van der Waals surface area contributed by atoms with Crippen molar-refractivity contribution in [2.75, 3.05) is 25.0 Å². The molecule has 0 bridgehead atoms. The second-order valence-corrected chi connectivity index (χ2v) is 6.98. The molecular formula is C18H22N2O4S2. The van der Waals surface area contributed by atoms with Crippen molar-refractivity contribution in [1.29, 1.82) is 0 Å². The van der Waals surface area contributed by atoms with Crippen molar-refractivity contribution in [2.24, 2.45) is 0 Å². The van der Waals surface area contributed by atoms with Crippen molar-refractivity contribution in [2.45, 2.75) is 26.5 Å². The highest BCUT2D eigenvalue weighted by Crippen LogP contribution is 2.25. The van der Waals surface area contributed by atoms with E-state index in [2.05, 4.69) is 24.1 Å². The first-order valence-corrected chi connectivity index (χ1v) is 9.80. The normalized spacial score (nSPS) is 10.6. The summed E-state index contributed by atoms with van der Waals surface area (Å²) < 4.78 is 10.9. The van der Waals surface area contributed by atoms with Crippen LogP contribution in [0.3, 0.4) is 0 Å². The molecule has 0 saturated heterocycles. The van der Waals surface area contributed by atoms with Crippen LogP contribution < -0.4 is 10.9 Å². The number of carbonyl (C=O) groups excluding carboxylic acids is 1.